The van der Waals surface area contributed by atoms with Crippen LogP contribution in [0.2, 0.25) is 0 Å². The van der Waals surface area contributed by atoms with Crippen molar-refractivity contribution in [2.24, 2.45) is 5.92 Å². The number of amides is 1. The normalized spacial score (nSPS) is 10.6. The van der Waals surface area contributed by atoms with Crippen molar-refractivity contribution in [3.8, 4) is 5.75 Å². The summed E-state index contributed by atoms with van der Waals surface area (Å²) in [5.41, 5.74) is 2.41. The number of carbonyl (C=O) groups excluding carboxylic acids is 1. The summed E-state index contributed by atoms with van der Waals surface area (Å²) >= 11 is 8.75. The molecule has 0 atom stereocenters. The minimum Gasteiger partial charge on any atom is -0.493 e. The lowest BCUT2D eigenvalue weighted by Crippen LogP contribution is -2.34. The molecule has 0 heterocycles. The van der Waals surface area contributed by atoms with E-state index in [1.54, 1.807) is 12.1 Å². The summed E-state index contributed by atoms with van der Waals surface area (Å²) in [6.07, 6.45) is 0.917. The predicted molar refractivity (Wildman–Crippen MR) is 133 cm³/mol. The van der Waals surface area contributed by atoms with Gasteiger partial charge in [-0.1, -0.05) is 29.8 Å². The van der Waals surface area contributed by atoms with Gasteiger partial charge in [0.15, 0.2) is 5.11 Å². The maximum atomic E-state index is 12.8. The second-order valence-electron chi connectivity index (χ2n) is 7.30. The molecule has 0 radical (unpaired) electrons. The fourth-order valence-corrected chi connectivity index (χ4v) is 3.46. The van der Waals surface area contributed by atoms with Gasteiger partial charge in [0, 0.05) is 28.9 Å². The third-order valence-electron chi connectivity index (χ3n) is 4.62. The number of halogens is 1. The van der Waals surface area contributed by atoms with Crippen LogP contribution in [0.4, 0.5) is 11.4 Å². The third-order valence-corrected chi connectivity index (χ3v) is 5.32. The Morgan fingerprint density at radius 2 is 1.80 bits per heavy atom. The number of carbonyl (C=O) groups is 1. The van der Waals surface area contributed by atoms with Crippen LogP contribution in [0.3, 0.4) is 0 Å². The highest BCUT2D eigenvalue weighted by atomic mass is 79.9. The molecule has 2 rings (SSSR count). The standard InChI is InChI=1S/C23H30BrN3O2S/c1-5-27(6-2)19-10-8-18(9-11-19)25-23(30)26-22(28)20-15-17(24)7-12-21(20)29-14-13-16(3)4/h7-12,15-16H,5-6,13-14H2,1-4H3,(H2,25,26,28,30). The van der Waals surface area contributed by atoms with Crippen molar-refractivity contribution in [3.05, 3.63) is 52.5 Å². The molecule has 2 N–H and O–H groups in total. The number of nitrogens with zero attached hydrogens (tertiary/aromatic N) is 1. The Labute approximate surface area is 193 Å². The monoisotopic (exact) mass is 491 g/mol. The van der Waals surface area contributed by atoms with Crippen LogP contribution in [0.1, 0.15) is 44.5 Å². The summed E-state index contributed by atoms with van der Waals surface area (Å²) < 4.78 is 6.63. The molecule has 0 bridgehead atoms. The first kappa shape index (κ1) is 24.2. The van der Waals surface area contributed by atoms with E-state index in [2.05, 4.69) is 59.2 Å². The molecule has 2 aromatic carbocycles. The van der Waals surface area contributed by atoms with Gasteiger partial charge in [-0.05, 0) is 80.9 Å². The maximum absolute atomic E-state index is 12.8. The van der Waals surface area contributed by atoms with Gasteiger partial charge in [-0.15, -0.1) is 0 Å². The Bertz CT molecular complexity index is 852. The molecule has 0 spiro atoms. The number of rotatable bonds is 9. The van der Waals surface area contributed by atoms with Crippen LogP contribution in [-0.4, -0.2) is 30.7 Å². The van der Waals surface area contributed by atoms with Gasteiger partial charge in [0.05, 0.1) is 12.2 Å². The summed E-state index contributed by atoms with van der Waals surface area (Å²) in [4.78, 5) is 15.1. The zero-order chi connectivity index (χ0) is 22.1. The van der Waals surface area contributed by atoms with Crippen molar-refractivity contribution in [1.82, 2.24) is 5.32 Å². The van der Waals surface area contributed by atoms with Crippen molar-refractivity contribution in [2.45, 2.75) is 34.1 Å². The van der Waals surface area contributed by atoms with Gasteiger partial charge in [0.25, 0.3) is 5.91 Å². The highest BCUT2D eigenvalue weighted by Crippen LogP contribution is 2.24. The summed E-state index contributed by atoms with van der Waals surface area (Å²) in [6, 6.07) is 13.4. The summed E-state index contributed by atoms with van der Waals surface area (Å²) in [5, 5.41) is 6.05. The van der Waals surface area contributed by atoms with Crippen LogP contribution in [0.25, 0.3) is 0 Å². The van der Waals surface area contributed by atoms with Crippen LogP contribution in [0, 0.1) is 5.92 Å². The first-order valence-corrected chi connectivity index (χ1v) is 11.4. The second kappa shape index (κ2) is 11.9. The molecule has 2 aromatic rings. The number of thiocarbonyl (C=S) groups is 1. The molecular formula is C23H30BrN3O2S. The Kier molecular flexibility index (Phi) is 9.59. The Morgan fingerprint density at radius 1 is 1.13 bits per heavy atom. The number of nitrogens with one attached hydrogen (secondary N) is 2. The van der Waals surface area contributed by atoms with Gasteiger partial charge >= 0.3 is 0 Å². The molecule has 0 fully saturated rings. The molecule has 0 aromatic heterocycles. The maximum Gasteiger partial charge on any atom is 0.261 e. The van der Waals surface area contributed by atoms with E-state index in [1.165, 1.54) is 0 Å². The van der Waals surface area contributed by atoms with Crippen LogP contribution in [0.15, 0.2) is 46.9 Å². The predicted octanol–water partition coefficient (Wildman–Crippen LogP) is 5.85. The molecule has 7 heteroatoms. The van der Waals surface area contributed by atoms with Crippen molar-refractivity contribution >= 4 is 50.5 Å². The first-order valence-electron chi connectivity index (χ1n) is 10.2. The summed E-state index contributed by atoms with van der Waals surface area (Å²) in [6.45, 7) is 11.0. The fraction of sp³-hybridized carbons (Fsp3) is 0.391. The minimum absolute atomic E-state index is 0.240. The molecular weight excluding hydrogens is 462 g/mol. The van der Waals surface area contributed by atoms with E-state index in [0.717, 1.165) is 35.4 Å². The van der Waals surface area contributed by atoms with Crippen molar-refractivity contribution in [3.63, 3.8) is 0 Å². The van der Waals surface area contributed by atoms with Crippen LogP contribution >= 0.6 is 28.1 Å². The molecule has 5 nitrogen and oxygen atoms in total. The molecule has 0 aliphatic rings. The lowest BCUT2D eigenvalue weighted by atomic mass is 10.1. The third kappa shape index (κ3) is 7.29. The number of ether oxygens (including phenoxy) is 1. The molecule has 0 aliphatic carbocycles. The zero-order valence-corrected chi connectivity index (χ0v) is 20.4. The van der Waals surface area contributed by atoms with Gasteiger partial charge in [-0.25, -0.2) is 0 Å². The van der Waals surface area contributed by atoms with Crippen molar-refractivity contribution in [2.75, 3.05) is 29.9 Å². The van der Waals surface area contributed by atoms with E-state index in [-0.39, 0.29) is 11.0 Å². The van der Waals surface area contributed by atoms with Gasteiger partial charge in [-0.2, -0.15) is 0 Å². The molecule has 0 aliphatic heterocycles. The van der Waals surface area contributed by atoms with E-state index in [0.29, 0.717) is 23.8 Å². The van der Waals surface area contributed by atoms with Gasteiger partial charge < -0.3 is 15.0 Å². The average Bonchev–Trinajstić information content (AvgIpc) is 2.70. The largest absolute Gasteiger partial charge is 0.493 e. The van der Waals surface area contributed by atoms with E-state index in [4.69, 9.17) is 17.0 Å². The van der Waals surface area contributed by atoms with E-state index >= 15 is 0 Å². The highest BCUT2D eigenvalue weighted by Gasteiger charge is 2.15. The molecule has 0 unspecified atom stereocenters. The summed E-state index contributed by atoms with van der Waals surface area (Å²) in [7, 11) is 0. The van der Waals surface area contributed by atoms with Gasteiger partial charge in [0.2, 0.25) is 0 Å². The number of hydrogen-bond acceptors (Lipinski definition) is 4. The minimum atomic E-state index is -0.312. The molecule has 162 valence electrons. The van der Waals surface area contributed by atoms with Crippen LogP contribution < -0.4 is 20.3 Å². The Balaban J connectivity index is 2.01. The quantitative estimate of drug-likeness (QED) is 0.431. The number of anilines is 2. The molecule has 0 saturated carbocycles. The van der Waals surface area contributed by atoms with E-state index < -0.39 is 0 Å². The zero-order valence-electron chi connectivity index (χ0n) is 18.0. The number of benzene rings is 2. The van der Waals surface area contributed by atoms with E-state index in [1.807, 2.05) is 30.3 Å². The SMILES string of the molecule is CCN(CC)c1ccc(NC(=S)NC(=O)c2cc(Br)ccc2OCCC(C)C)cc1. The lowest BCUT2D eigenvalue weighted by molar-refractivity contribution is 0.0973. The highest BCUT2D eigenvalue weighted by molar-refractivity contribution is 9.10. The van der Waals surface area contributed by atoms with Crippen LogP contribution in [0.5, 0.6) is 5.75 Å². The number of hydrogen-bond donors (Lipinski definition) is 2. The molecule has 30 heavy (non-hydrogen) atoms. The average molecular weight is 492 g/mol. The Morgan fingerprint density at radius 3 is 2.40 bits per heavy atom. The first-order chi connectivity index (χ1) is 14.3. The van der Waals surface area contributed by atoms with Crippen molar-refractivity contribution < 1.29 is 9.53 Å². The van der Waals surface area contributed by atoms with Crippen molar-refractivity contribution in [1.29, 1.82) is 0 Å². The van der Waals surface area contributed by atoms with Gasteiger partial charge in [-0.3, -0.25) is 10.1 Å². The second-order valence-corrected chi connectivity index (χ2v) is 8.62. The Hall–Kier alpha value is -2.12. The van der Waals surface area contributed by atoms with E-state index in [9.17, 15) is 4.79 Å². The van der Waals surface area contributed by atoms with Crippen LogP contribution in [-0.2, 0) is 0 Å². The lowest BCUT2D eigenvalue weighted by Gasteiger charge is -2.21. The molecule has 1 amide bonds. The molecule has 0 saturated heterocycles. The fourth-order valence-electron chi connectivity index (χ4n) is 2.89. The van der Waals surface area contributed by atoms with Gasteiger partial charge in [0.1, 0.15) is 5.75 Å². The summed E-state index contributed by atoms with van der Waals surface area (Å²) in [5.74, 6) is 0.762. The smallest absolute Gasteiger partial charge is 0.261 e. The topological polar surface area (TPSA) is 53.6 Å².